The van der Waals surface area contributed by atoms with Crippen LogP contribution in [0.4, 0.5) is 0 Å². The molecule has 0 bridgehead atoms. The van der Waals surface area contributed by atoms with Crippen molar-refractivity contribution in [2.75, 3.05) is 6.54 Å². The van der Waals surface area contributed by atoms with E-state index in [9.17, 15) is 0 Å². The van der Waals surface area contributed by atoms with Crippen LogP contribution >= 0.6 is 23.7 Å². The largest absolute Gasteiger partial charge is 0.330 e. The second kappa shape index (κ2) is 6.38. The van der Waals surface area contributed by atoms with E-state index in [-0.39, 0.29) is 18.4 Å². The summed E-state index contributed by atoms with van der Waals surface area (Å²) in [7, 11) is 0. The molecular formula is C9H17ClN2S. The van der Waals surface area contributed by atoms with E-state index in [0.29, 0.717) is 0 Å². The highest BCUT2D eigenvalue weighted by molar-refractivity contribution is 7.10. The lowest BCUT2D eigenvalue weighted by molar-refractivity contribution is 0.624. The lowest BCUT2D eigenvalue weighted by atomic mass is 10.1. The average Bonchev–Trinajstić information content (AvgIpc) is 2.47. The molecule has 0 saturated carbocycles. The van der Waals surface area contributed by atoms with Crippen molar-refractivity contribution in [1.82, 2.24) is 0 Å². The van der Waals surface area contributed by atoms with Crippen molar-refractivity contribution in [2.24, 2.45) is 11.5 Å². The molecule has 76 valence electrons. The zero-order valence-electron chi connectivity index (χ0n) is 7.82. The van der Waals surface area contributed by atoms with Crippen LogP contribution in [0.15, 0.2) is 11.4 Å². The van der Waals surface area contributed by atoms with Crippen LogP contribution in [-0.2, 0) is 0 Å². The molecule has 2 nitrogen and oxygen atoms in total. The molecule has 0 saturated heterocycles. The number of aryl methyl sites for hydroxylation is 1. The van der Waals surface area contributed by atoms with Crippen molar-refractivity contribution in [3.63, 3.8) is 0 Å². The molecule has 0 aliphatic heterocycles. The Balaban J connectivity index is 0.00000144. The Bertz CT molecular complexity index is 237. The molecule has 0 radical (unpaired) electrons. The van der Waals surface area contributed by atoms with Gasteiger partial charge in [-0.25, -0.2) is 0 Å². The highest BCUT2D eigenvalue weighted by atomic mass is 35.5. The van der Waals surface area contributed by atoms with Gasteiger partial charge in [-0.05, 0) is 43.3 Å². The van der Waals surface area contributed by atoms with Gasteiger partial charge in [-0.2, -0.15) is 0 Å². The molecule has 0 aromatic carbocycles. The van der Waals surface area contributed by atoms with E-state index in [0.717, 1.165) is 19.4 Å². The fraction of sp³-hybridized carbons (Fsp3) is 0.556. The number of hydrogen-bond acceptors (Lipinski definition) is 3. The Labute approximate surface area is 89.7 Å². The van der Waals surface area contributed by atoms with E-state index in [2.05, 4.69) is 18.4 Å². The monoisotopic (exact) mass is 220 g/mol. The summed E-state index contributed by atoms with van der Waals surface area (Å²) in [4.78, 5) is 1.31. The summed E-state index contributed by atoms with van der Waals surface area (Å²) in [5, 5.41) is 2.09. The first-order valence-corrected chi connectivity index (χ1v) is 5.13. The molecule has 1 atom stereocenters. The van der Waals surface area contributed by atoms with E-state index in [1.54, 1.807) is 11.3 Å². The summed E-state index contributed by atoms with van der Waals surface area (Å²) in [6, 6.07) is 2.30. The molecule has 0 aliphatic rings. The highest BCUT2D eigenvalue weighted by Crippen LogP contribution is 2.24. The molecule has 1 heterocycles. The van der Waals surface area contributed by atoms with Gasteiger partial charge in [0.25, 0.3) is 0 Å². The maximum atomic E-state index is 5.98. The molecule has 4 heteroatoms. The van der Waals surface area contributed by atoms with Crippen molar-refractivity contribution in [3.05, 3.63) is 21.9 Å². The van der Waals surface area contributed by atoms with Gasteiger partial charge in [0.15, 0.2) is 0 Å². The van der Waals surface area contributed by atoms with E-state index < -0.39 is 0 Å². The lowest BCUT2D eigenvalue weighted by Gasteiger charge is -2.09. The molecule has 0 amide bonds. The van der Waals surface area contributed by atoms with Gasteiger partial charge in [-0.3, -0.25) is 0 Å². The van der Waals surface area contributed by atoms with Crippen LogP contribution < -0.4 is 11.5 Å². The average molecular weight is 221 g/mol. The molecule has 1 aromatic rings. The SMILES string of the molecule is Cc1ccsc1[C@@H](N)CCCN.Cl. The van der Waals surface area contributed by atoms with Crippen LogP contribution in [-0.4, -0.2) is 6.54 Å². The van der Waals surface area contributed by atoms with Crippen molar-refractivity contribution in [1.29, 1.82) is 0 Å². The minimum atomic E-state index is 0. The predicted molar refractivity (Wildman–Crippen MR) is 61.5 cm³/mol. The van der Waals surface area contributed by atoms with Gasteiger partial charge in [0.2, 0.25) is 0 Å². The molecule has 0 spiro atoms. The zero-order chi connectivity index (χ0) is 8.97. The Morgan fingerprint density at radius 1 is 1.54 bits per heavy atom. The van der Waals surface area contributed by atoms with E-state index in [1.165, 1.54) is 10.4 Å². The van der Waals surface area contributed by atoms with Gasteiger partial charge >= 0.3 is 0 Å². The summed E-state index contributed by atoms with van der Waals surface area (Å²) in [5.74, 6) is 0. The second-order valence-electron chi connectivity index (χ2n) is 3.01. The van der Waals surface area contributed by atoms with Crippen LogP contribution in [0, 0.1) is 6.92 Å². The maximum Gasteiger partial charge on any atom is 0.0392 e. The molecule has 0 aliphatic carbocycles. The molecule has 1 rings (SSSR count). The summed E-state index contributed by atoms with van der Waals surface area (Å²) >= 11 is 1.74. The van der Waals surface area contributed by atoms with Crippen molar-refractivity contribution in [3.8, 4) is 0 Å². The first-order chi connectivity index (χ1) is 5.75. The normalized spacial score (nSPS) is 12.2. The molecule has 0 fully saturated rings. The zero-order valence-corrected chi connectivity index (χ0v) is 9.46. The van der Waals surface area contributed by atoms with Crippen LogP contribution in [0.25, 0.3) is 0 Å². The van der Waals surface area contributed by atoms with Crippen LogP contribution in [0.3, 0.4) is 0 Å². The molecule has 0 unspecified atom stereocenters. The number of halogens is 1. The third-order valence-electron chi connectivity index (χ3n) is 1.96. The molecule has 1 aromatic heterocycles. The number of nitrogens with two attached hydrogens (primary N) is 2. The van der Waals surface area contributed by atoms with Gasteiger partial charge in [-0.15, -0.1) is 23.7 Å². The van der Waals surface area contributed by atoms with Crippen LogP contribution in [0.2, 0.25) is 0 Å². The third-order valence-corrected chi connectivity index (χ3v) is 3.11. The first kappa shape index (κ1) is 12.9. The smallest absolute Gasteiger partial charge is 0.0392 e. The standard InChI is InChI=1S/C9H16N2S.ClH/c1-7-4-6-12-9(7)8(11)3-2-5-10;/h4,6,8H,2-3,5,10-11H2,1H3;1H/t8-;/m0./s1. The Morgan fingerprint density at radius 2 is 2.23 bits per heavy atom. The minimum Gasteiger partial charge on any atom is -0.330 e. The third kappa shape index (κ3) is 3.65. The molecule has 13 heavy (non-hydrogen) atoms. The topological polar surface area (TPSA) is 52.0 Å². The lowest BCUT2D eigenvalue weighted by Crippen LogP contribution is -2.11. The molecular weight excluding hydrogens is 204 g/mol. The Hall–Kier alpha value is -0.0900. The van der Waals surface area contributed by atoms with Crippen molar-refractivity contribution in [2.45, 2.75) is 25.8 Å². The number of thiophene rings is 1. The van der Waals surface area contributed by atoms with E-state index in [4.69, 9.17) is 11.5 Å². The quantitative estimate of drug-likeness (QED) is 0.818. The summed E-state index contributed by atoms with van der Waals surface area (Å²) in [6.45, 7) is 2.84. The Kier molecular flexibility index (Phi) is 6.33. The summed E-state index contributed by atoms with van der Waals surface area (Å²) in [5.41, 5.74) is 12.7. The predicted octanol–water partition coefficient (Wildman–Crippen LogP) is 2.22. The van der Waals surface area contributed by atoms with Crippen molar-refractivity contribution >= 4 is 23.7 Å². The minimum absolute atomic E-state index is 0. The van der Waals surface area contributed by atoms with Gasteiger partial charge in [0.1, 0.15) is 0 Å². The highest BCUT2D eigenvalue weighted by Gasteiger charge is 2.08. The van der Waals surface area contributed by atoms with E-state index in [1.807, 2.05) is 0 Å². The molecule has 4 N–H and O–H groups in total. The van der Waals surface area contributed by atoms with Gasteiger partial charge < -0.3 is 11.5 Å². The van der Waals surface area contributed by atoms with Crippen LogP contribution in [0.5, 0.6) is 0 Å². The Morgan fingerprint density at radius 3 is 2.69 bits per heavy atom. The second-order valence-corrected chi connectivity index (χ2v) is 3.95. The maximum absolute atomic E-state index is 5.98. The summed E-state index contributed by atoms with van der Waals surface area (Å²) in [6.07, 6.45) is 2.01. The first-order valence-electron chi connectivity index (χ1n) is 4.25. The summed E-state index contributed by atoms with van der Waals surface area (Å²) < 4.78 is 0. The van der Waals surface area contributed by atoms with Gasteiger partial charge in [0, 0.05) is 10.9 Å². The van der Waals surface area contributed by atoms with Crippen molar-refractivity contribution < 1.29 is 0 Å². The number of rotatable bonds is 4. The fourth-order valence-electron chi connectivity index (χ4n) is 1.23. The van der Waals surface area contributed by atoms with Gasteiger partial charge in [0.05, 0.1) is 0 Å². The van der Waals surface area contributed by atoms with Gasteiger partial charge in [-0.1, -0.05) is 0 Å². The number of hydrogen-bond donors (Lipinski definition) is 2. The fourth-order valence-corrected chi connectivity index (χ4v) is 2.20. The van der Waals surface area contributed by atoms with Crippen LogP contribution in [0.1, 0.15) is 29.3 Å². The van der Waals surface area contributed by atoms with E-state index >= 15 is 0 Å².